The first-order chi connectivity index (χ1) is 9.60. The van der Waals surface area contributed by atoms with E-state index in [9.17, 15) is 14.0 Å². The second-order valence-electron chi connectivity index (χ2n) is 6.13. The largest absolute Gasteiger partial charge is 0.444 e. The van der Waals surface area contributed by atoms with Crippen molar-refractivity contribution in [1.29, 1.82) is 0 Å². The Morgan fingerprint density at radius 1 is 1.19 bits per heavy atom. The highest BCUT2D eigenvalue weighted by molar-refractivity contribution is 5.98. The molecule has 0 saturated carbocycles. The third-order valence-corrected chi connectivity index (χ3v) is 2.73. The molecule has 0 aromatic heterocycles. The summed E-state index contributed by atoms with van der Waals surface area (Å²) in [5.74, 6) is -0.658. The van der Waals surface area contributed by atoms with Crippen molar-refractivity contribution in [1.82, 2.24) is 4.90 Å². The predicted molar refractivity (Wildman–Crippen MR) is 78.8 cm³/mol. The van der Waals surface area contributed by atoms with Gasteiger partial charge in [0.25, 0.3) is 0 Å². The Morgan fingerprint density at radius 3 is 2.14 bits per heavy atom. The summed E-state index contributed by atoms with van der Waals surface area (Å²) in [5.41, 5.74) is -0.256. The maximum atomic E-state index is 12.9. The van der Waals surface area contributed by atoms with Crippen LogP contribution >= 0.6 is 0 Å². The van der Waals surface area contributed by atoms with Gasteiger partial charge in [-0.15, -0.1) is 0 Å². The van der Waals surface area contributed by atoms with E-state index in [1.165, 1.54) is 29.2 Å². The molecule has 0 unspecified atom stereocenters. The summed E-state index contributed by atoms with van der Waals surface area (Å²) >= 11 is 0. The molecule has 0 aliphatic rings. The van der Waals surface area contributed by atoms with E-state index in [4.69, 9.17) is 4.74 Å². The number of ether oxygens (including phenoxy) is 1. The maximum absolute atomic E-state index is 12.9. The molecule has 5 heteroatoms. The van der Waals surface area contributed by atoms with Crippen molar-refractivity contribution in [2.24, 2.45) is 0 Å². The van der Waals surface area contributed by atoms with Gasteiger partial charge in [-0.25, -0.2) is 9.18 Å². The van der Waals surface area contributed by atoms with E-state index in [0.29, 0.717) is 5.56 Å². The van der Waals surface area contributed by atoms with Crippen molar-refractivity contribution < 1.29 is 18.7 Å². The molecule has 116 valence electrons. The van der Waals surface area contributed by atoms with Crippen LogP contribution in [-0.4, -0.2) is 35.0 Å². The lowest BCUT2D eigenvalue weighted by molar-refractivity contribution is 0.0191. The summed E-state index contributed by atoms with van der Waals surface area (Å²) in [6, 6.07) is 5.08. The van der Waals surface area contributed by atoms with Crippen LogP contribution in [0.5, 0.6) is 0 Å². The molecule has 4 nitrogen and oxygen atoms in total. The van der Waals surface area contributed by atoms with Gasteiger partial charge in [0.15, 0.2) is 5.78 Å². The number of rotatable bonds is 4. The highest BCUT2D eigenvalue weighted by Gasteiger charge is 2.26. The molecule has 0 N–H and O–H groups in total. The average molecular weight is 295 g/mol. The molecule has 0 spiro atoms. The van der Waals surface area contributed by atoms with E-state index in [2.05, 4.69) is 0 Å². The fraction of sp³-hybridized carbons (Fsp3) is 0.500. The van der Waals surface area contributed by atoms with E-state index in [1.54, 1.807) is 20.8 Å². The number of carbonyl (C=O) groups excluding carboxylic acids is 2. The molecule has 0 aliphatic carbocycles. The van der Waals surface area contributed by atoms with Crippen molar-refractivity contribution in [2.75, 3.05) is 6.54 Å². The number of hydrogen-bond donors (Lipinski definition) is 0. The molecule has 0 heterocycles. The molecular formula is C16H22FNO3. The Balaban J connectivity index is 2.81. The van der Waals surface area contributed by atoms with Crippen molar-refractivity contribution in [3.05, 3.63) is 35.6 Å². The zero-order chi connectivity index (χ0) is 16.2. The summed E-state index contributed by atoms with van der Waals surface area (Å²) in [4.78, 5) is 25.6. The summed E-state index contributed by atoms with van der Waals surface area (Å²) in [7, 11) is 0. The van der Waals surface area contributed by atoms with Crippen LogP contribution in [0, 0.1) is 5.82 Å². The van der Waals surface area contributed by atoms with Crippen LogP contribution in [0.1, 0.15) is 45.0 Å². The van der Waals surface area contributed by atoms with Crippen LogP contribution in [0.25, 0.3) is 0 Å². The van der Waals surface area contributed by atoms with Gasteiger partial charge in [0, 0.05) is 11.6 Å². The quantitative estimate of drug-likeness (QED) is 0.796. The highest BCUT2D eigenvalue weighted by atomic mass is 19.1. The molecule has 0 atom stereocenters. The van der Waals surface area contributed by atoms with Gasteiger partial charge in [-0.2, -0.15) is 0 Å². The average Bonchev–Trinajstić information content (AvgIpc) is 2.33. The molecule has 0 saturated heterocycles. The van der Waals surface area contributed by atoms with E-state index in [0.717, 1.165) is 0 Å². The predicted octanol–water partition coefficient (Wildman–Crippen LogP) is 3.65. The first kappa shape index (κ1) is 17.1. The number of Topliss-reactive ketones (excluding diaryl/α,β-unsaturated/α-hetero) is 1. The minimum atomic E-state index is -0.622. The Morgan fingerprint density at radius 2 is 1.71 bits per heavy atom. The second kappa shape index (κ2) is 6.70. The number of ketones is 1. The first-order valence-electron chi connectivity index (χ1n) is 6.88. The molecule has 0 bridgehead atoms. The molecule has 0 fully saturated rings. The van der Waals surface area contributed by atoms with Crippen molar-refractivity contribution in [3.63, 3.8) is 0 Å². The van der Waals surface area contributed by atoms with Gasteiger partial charge in [-0.1, -0.05) is 0 Å². The SMILES string of the molecule is CC(C)N(CC(=O)c1ccc(F)cc1)C(=O)OC(C)(C)C. The van der Waals surface area contributed by atoms with Crippen molar-refractivity contribution in [2.45, 2.75) is 46.3 Å². The maximum Gasteiger partial charge on any atom is 0.410 e. The standard InChI is InChI=1S/C16H22FNO3/c1-11(2)18(15(20)21-16(3,4)5)10-14(19)12-6-8-13(17)9-7-12/h6-9,11H,10H2,1-5H3. The minimum Gasteiger partial charge on any atom is -0.444 e. The van der Waals surface area contributed by atoms with Crippen LogP contribution in [0.2, 0.25) is 0 Å². The molecular weight excluding hydrogens is 273 g/mol. The molecule has 1 amide bonds. The number of nitrogens with zero attached hydrogens (tertiary/aromatic N) is 1. The fourth-order valence-electron chi connectivity index (χ4n) is 1.66. The Bertz CT molecular complexity index is 503. The number of halogens is 1. The fourth-order valence-corrected chi connectivity index (χ4v) is 1.66. The number of hydrogen-bond acceptors (Lipinski definition) is 3. The van der Waals surface area contributed by atoms with Gasteiger partial charge in [-0.05, 0) is 58.9 Å². The Labute approximate surface area is 124 Å². The zero-order valence-corrected chi connectivity index (χ0v) is 13.1. The first-order valence-corrected chi connectivity index (χ1v) is 6.88. The lowest BCUT2D eigenvalue weighted by atomic mass is 10.1. The Kier molecular flexibility index (Phi) is 5.47. The van der Waals surface area contributed by atoms with Crippen molar-refractivity contribution >= 4 is 11.9 Å². The van der Waals surface area contributed by atoms with Gasteiger partial charge in [0.1, 0.15) is 11.4 Å². The Hall–Kier alpha value is -1.91. The van der Waals surface area contributed by atoms with Gasteiger partial charge < -0.3 is 4.74 Å². The number of benzene rings is 1. The highest BCUT2D eigenvalue weighted by Crippen LogP contribution is 2.13. The van der Waals surface area contributed by atoms with Crippen LogP contribution < -0.4 is 0 Å². The number of amides is 1. The van der Waals surface area contributed by atoms with Crippen molar-refractivity contribution in [3.8, 4) is 0 Å². The van der Waals surface area contributed by atoms with E-state index >= 15 is 0 Å². The summed E-state index contributed by atoms with van der Waals surface area (Å²) in [5, 5.41) is 0. The molecule has 21 heavy (non-hydrogen) atoms. The van der Waals surface area contributed by atoms with E-state index in [1.807, 2.05) is 13.8 Å². The smallest absolute Gasteiger partial charge is 0.410 e. The summed E-state index contributed by atoms with van der Waals surface area (Å²) in [6.07, 6.45) is -0.534. The molecule has 0 aliphatic heterocycles. The molecule has 1 rings (SSSR count). The minimum absolute atomic E-state index is 0.0990. The third-order valence-electron chi connectivity index (χ3n) is 2.73. The molecule has 1 aromatic rings. The van der Waals surface area contributed by atoms with Gasteiger partial charge in [-0.3, -0.25) is 9.69 Å². The van der Waals surface area contributed by atoms with E-state index in [-0.39, 0.29) is 18.4 Å². The number of carbonyl (C=O) groups is 2. The monoisotopic (exact) mass is 295 g/mol. The lowest BCUT2D eigenvalue weighted by Crippen LogP contribution is -2.43. The van der Waals surface area contributed by atoms with Gasteiger partial charge in [0.2, 0.25) is 0 Å². The molecule has 1 aromatic carbocycles. The normalized spacial score (nSPS) is 11.4. The summed E-state index contributed by atoms with van der Waals surface area (Å²) < 4.78 is 18.2. The van der Waals surface area contributed by atoms with E-state index < -0.39 is 17.5 Å². The zero-order valence-electron chi connectivity index (χ0n) is 13.1. The third kappa shape index (κ3) is 5.53. The van der Waals surface area contributed by atoms with Gasteiger partial charge >= 0.3 is 6.09 Å². The summed E-state index contributed by atoms with van der Waals surface area (Å²) in [6.45, 7) is 8.82. The molecule has 0 radical (unpaired) electrons. The lowest BCUT2D eigenvalue weighted by Gasteiger charge is -2.29. The van der Waals surface area contributed by atoms with Crippen LogP contribution in [0.15, 0.2) is 24.3 Å². The topological polar surface area (TPSA) is 46.6 Å². The van der Waals surface area contributed by atoms with Crippen LogP contribution in [0.4, 0.5) is 9.18 Å². The van der Waals surface area contributed by atoms with Gasteiger partial charge in [0.05, 0.1) is 6.54 Å². The van der Waals surface area contributed by atoms with Crippen LogP contribution in [-0.2, 0) is 4.74 Å². The van der Waals surface area contributed by atoms with Crippen LogP contribution in [0.3, 0.4) is 0 Å². The second-order valence-corrected chi connectivity index (χ2v) is 6.13.